The van der Waals surface area contributed by atoms with Crippen LogP contribution in [0.3, 0.4) is 0 Å². The van der Waals surface area contributed by atoms with Crippen molar-refractivity contribution >= 4 is 15.9 Å². The van der Waals surface area contributed by atoms with E-state index < -0.39 is 16.1 Å². The number of hydrogen-bond acceptors (Lipinski definition) is 8. The zero-order valence-corrected chi connectivity index (χ0v) is 21.4. The van der Waals surface area contributed by atoms with Crippen molar-refractivity contribution in [3.8, 4) is 0 Å². The van der Waals surface area contributed by atoms with Gasteiger partial charge in [0.25, 0.3) is 0 Å². The summed E-state index contributed by atoms with van der Waals surface area (Å²) in [4.78, 5) is 15.4. The molecule has 0 aliphatic carbocycles. The van der Waals surface area contributed by atoms with Gasteiger partial charge in [-0.15, -0.1) is 0 Å². The smallest absolute Gasteiger partial charge is 0.243 e. The van der Waals surface area contributed by atoms with Crippen LogP contribution in [0.5, 0.6) is 0 Å². The van der Waals surface area contributed by atoms with Crippen LogP contribution in [-0.4, -0.2) is 115 Å². The molecule has 2 aliphatic rings. The summed E-state index contributed by atoms with van der Waals surface area (Å²) in [5, 5.41) is 0. The fraction of sp³-hybridized carbons (Fsp3) is 0.708. The second kappa shape index (κ2) is 14.8. The lowest BCUT2D eigenvalue weighted by molar-refractivity contribution is -0.136. The van der Waals surface area contributed by atoms with E-state index in [0.717, 1.165) is 5.56 Å². The second-order valence-corrected chi connectivity index (χ2v) is 10.4. The highest BCUT2D eigenvalue weighted by Crippen LogP contribution is 2.27. The predicted octanol–water partition coefficient (Wildman–Crippen LogP) is 1.07. The van der Waals surface area contributed by atoms with Gasteiger partial charge < -0.3 is 28.6 Å². The number of ether oxygens (including phenoxy) is 5. The first-order valence-electron chi connectivity index (χ1n) is 12.3. The van der Waals surface area contributed by atoms with Crippen molar-refractivity contribution in [2.24, 2.45) is 0 Å². The maximum Gasteiger partial charge on any atom is 0.243 e. The Labute approximate surface area is 208 Å². The maximum atomic E-state index is 13.5. The number of aryl methyl sites for hydroxylation is 1. The van der Waals surface area contributed by atoms with E-state index in [1.165, 1.54) is 4.31 Å². The van der Waals surface area contributed by atoms with Gasteiger partial charge in [0.2, 0.25) is 15.9 Å². The average molecular weight is 515 g/mol. The molecule has 2 heterocycles. The van der Waals surface area contributed by atoms with Gasteiger partial charge in [0.05, 0.1) is 71.0 Å². The quantitative estimate of drug-likeness (QED) is 0.590. The van der Waals surface area contributed by atoms with Gasteiger partial charge in [-0.1, -0.05) is 17.7 Å². The molecular formula is C24H38N2O8S. The lowest BCUT2D eigenvalue weighted by Crippen LogP contribution is -2.49. The predicted molar refractivity (Wildman–Crippen MR) is 129 cm³/mol. The van der Waals surface area contributed by atoms with Gasteiger partial charge in [-0.25, -0.2) is 8.42 Å². The zero-order valence-electron chi connectivity index (χ0n) is 20.6. The number of nitrogens with zero attached hydrogens (tertiary/aromatic N) is 2. The minimum atomic E-state index is -3.77. The largest absolute Gasteiger partial charge is 0.377 e. The standard InChI is InChI=1S/C24H38N2O8S/c1-21-4-6-22(7-5-21)35(28,29)26-8-2-3-23(26)24(27)25-9-11-30-13-15-32-17-19-34-20-18-33-16-14-31-12-10-25/h4-7,23H,2-3,8-20H2,1H3/t23-/m1/s1. The Bertz CT molecular complexity index is 847. The molecule has 2 fully saturated rings. The molecule has 1 atom stereocenters. The lowest BCUT2D eigenvalue weighted by atomic mass is 10.2. The third kappa shape index (κ3) is 8.78. The molecule has 0 aromatic heterocycles. The van der Waals surface area contributed by atoms with Gasteiger partial charge in [0.1, 0.15) is 6.04 Å². The molecule has 3 rings (SSSR count). The van der Waals surface area contributed by atoms with Crippen LogP contribution in [0.1, 0.15) is 18.4 Å². The van der Waals surface area contributed by atoms with E-state index in [-0.39, 0.29) is 10.8 Å². The van der Waals surface area contributed by atoms with Crippen molar-refractivity contribution in [3.05, 3.63) is 29.8 Å². The summed E-state index contributed by atoms with van der Waals surface area (Å²) in [6.07, 6.45) is 1.13. The Morgan fingerprint density at radius 3 is 1.69 bits per heavy atom. The summed E-state index contributed by atoms with van der Waals surface area (Å²) in [6.45, 7) is 7.17. The third-order valence-corrected chi connectivity index (χ3v) is 7.85. The van der Waals surface area contributed by atoms with Crippen molar-refractivity contribution in [2.75, 3.05) is 85.7 Å². The number of hydrogen-bond donors (Lipinski definition) is 0. The monoisotopic (exact) mass is 514 g/mol. The minimum Gasteiger partial charge on any atom is -0.377 e. The molecule has 1 amide bonds. The van der Waals surface area contributed by atoms with Gasteiger partial charge >= 0.3 is 0 Å². The Morgan fingerprint density at radius 1 is 0.743 bits per heavy atom. The van der Waals surface area contributed by atoms with Crippen LogP contribution in [0.4, 0.5) is 0 Å². The molecular weight excluding hydrogens is 476 g/mol. The van der Waals surface area contributed by atoms with Crippen molar-refractivity contribution in [1.29, 1.82) is 0 Å². The van der Waals surface area contributed by atoms with Gasteiger partial charge in [0, 0.05) is 19.6 Å². The number of amides is 1. The third-order valence-electron chi connectivity index (χ3n) is 5.93. The molecule has 10 nitrogen and oxygen atoms in total. The Hall–Kier alpha value is -1.60. The van der Waals surface area contributed by atoms with Gasteiger partial charge in [-0.3, -0.25) is 4.79 Å². The number of rotatable bonds is 3. The summed E-state index contributed by atoms with van der Waals surface area (Å²) in [6, 6.07) is 6.00. The topological polar surface area (TPSA) is 104 Å². The molecule has 1 aromatic rings. The van der Waals surface area contributed by atoms with Crippen LogP contribution in [0.25, 0.3) is 0 Å². The number of sulfonamides is 1. The van der Waals surface area contributed by atoms with E-state index in [2.05, 4.69) is 0 Å². The molecule has 1 aromatic carbocycles. The molecule has 0 saturated carbocycles. The molecule has 35 heavy (non-hydrogen) atoms. The fourth-order valence-electron chi connectivity index (χ4n) is 3.99. The van der Waals surface area contributed by atoms with E-state index in [9.17, 15) is 13.2 Å². The van der Waals surface area contributed by atoms with Gasteiger partial charge in [-0.2, -0.15) is 4.31 Å². The van der Waals surface area contributed by atoms with Crippen LogP contribution >= 0.6 is 0 Å². The summed E-state index contributed by atoms with van der Waals surface area (Å²) < 4.78 is 55.6. The van der Waals surface area contributed by atoms with Crippen molar-refractivity contribution in [2.45, 2.75) is 30.7 Å². The Morgan fingerprint density at radius 2 is 1.20 bits per heavy atom. The first-order chi connectivity index (χ1) is 17.0. The Kier molecular flexibility index (Phi) is 11.9. The highest BCUT2D eigenvalue weighted by Gasteiger charge is 2.41. The SMILES string of the molecule is Cc1ccc(S(=O)(=O)N2CCC[C@@H]2C(=O)N2CCOCCOCCOCCOCCOCC2)cc1. The van der Waals surface area contributed by atoms with Crippen LogP contribution in [0, 0.1) is 6.92 Å². The van der Waals surface area contributed by atoms with Crippen LogP contribution in [-0.2, 0) is 38.5 Å². The molecule has 0 radical (unpaired) electrons. The van der Waals surface area contributed by atoms with E-state index in [4.69, 9.17) is 23.7 Å². The molecule has 2 saturated heterocycles. The molecule has 0 N–H and O–H groups in total. The first-order valence-corrected chi connectivity index (χ1v) is 13.7. The molecule has 0 spiro atoms. The lowest BCUT2D eigenvalue weighted by Gasteiger charge is -2.30. The van der Waals surface area contributed by atoms with Crippen molar-refractivity contribution < 1.29 is 36.9 Å². The summed E-state index contributed by atoms with van der Waals surface area (Å²) >= 11 is 0. The number of benzene rings is 1. The molecule has 198 valence electrons. The number of carbonyl (C=O) groups is 1. The molecule has 11 heteroatoms. The van der Waals surface area contributed by atoms with Crippen LogP contribution in [0.2, 0.25) is 0 Å². The van der Waals surface area contributed by atoms with Crippen molar-refractivity contribution in [3.63, 3.8) is 0 Å². The average Bonchev–Trinajstić information content (AvgIpc) is 3.35. The summed E-state index contributed by atoms with van der Waals surface area (Å²) in [5.74, 6) is -0.218. The van der Waals surface area contributed by atoms with E-state index >= 15 is 0 Å². The highest BCUT2D eigenvalue weighted by atomic mass is 32.2. The van der Waals surface area contributed by atoms with Gasteiger partial charge in [0.15, 0.2) is 0 Å². The first kappa shape index (κ1) is 28.0. The molecule has 2 aliphatic heterocycles. The van der Waals surface area contributed by atoms with Gasteiger partial charge in [-0.05, 0) is 31.9 Å². The molecule has 0 bridgehead atoms. The molecule has 0 unspecified atom stereocenters. The number of carbonyl (C=O) groups excluding carboxylic acids is 1. The fourth-order valence-corrected chi connectivity index (χ4v) is 5.65. The second-order valence-electron chi connectivity index (χ2n) is 8.47. The van der Waals surface area contributed by atoms with E-state index in [1.807, 2.05) is 6.92 Å². The van der Waals surface area contributed by atoms with Crippen molar-refractivity contribution in [1.82, 2.24) is 9.21 Å². The minimum absolute atomic E-state index is 0.208. The van der Waals surface area contributed by atoms with Crippen LogP contribution in [0.15, 0.2) is 29.2 Å². The van der Waals surface area contributed by atoms with Crippen LogP contribution < -0.4 is 0 Å². The Balaban J connectivity index is 1.63. The highest BCUT2D eigenvalue weighted by molar-refractivity contribution is 7.89. The van der Waals surface area contributed by atoms with E-state index in [0.29, 0.717) is 98.5 Å². The maximum absolute atomic E-state index is 13.5. The normalized spacial score (nSPS) is 23.5. The summed E-state index contributed by atoms with van der Waals surface area (Å²) in [5.41, 5.74) is 0.977. The van der Waals surface area contributed by atoms with E-state index in [1.54, 1.807) is 29.2 Å². The summed E-state index contributed by atoms with van der Waals surface area (Å²) in [7, 11) is -3.77. The zero-order chi connectivity index (χ0) is 24.9.